The first-order chi connectivity index (χ1) is 8.22. The van der Waals surface area contributed by atoms with E-state index in [-0.39, 0.29) is 11.9 Å². The van der Waals surface area contributed by atoms with Gasteiger partial charge in [0.25, 0.3) is 5.91 Å². The molecular formula is C12H10N4O. The Kier molecular flexibility index (Phi) is 1.98. The molecule has 0 saturated carbocycles. The molecule has 1 aromatic carbocycles. The second-order valence-corrected chi connectivity index (χ2v) is 3.81. The maximum absolute atomic E-state index is 11.4. The van der Waals surface area contributed by atoms with E-state index in [9.17, 15) is 4.79 Å². The van der Waals surface area contributed by atoms with Gasteiger partial charge in [-0.1, -0.05) is 6.07 Å². The Balaban J connectivity index is 2.04. The van der Waals surface area contributed by atoms with Gasteiger partial charge in [0.05, 0.1) is 0 Å². The quantitative estimate of drug-likeness (QED) is 0.633. The fraction of sp³-hybridized carbons (Fsp3) is 0. The third-order valence-electron chi connectivity index (χ3n) is 2.60. The van der Waals surface area contributed by atoms with E-state index in [1.54, 1.807) is 6.08 Å². The third kappa shape index (κ3) is 1.67. The van der Waals surface area contributed by atoms with E-state index in [2.05, 4.69) is 15.3 Å². The van der Waals surface area contributed by atoms with Gasteiger partial charge in [0.2, 0.25) is 5.96 Å². The molecule has 17 heavy (non-hydrogen) atoms. The minimum absolute atomic E-state index is 0.143. The van der Waals surface area contributed by atoms with Crippen LogP contribution in [0.25, 0.3) is 17.0 Å². The molecule has 1 amide bonds. The molecule has 4 N–H and O–H groups in total. The molecule has 0 aliphatic carbocycles. The average Bonchev–Trinajstić information content (AvgIpc) is 2.85. The highest BCUT2D eigenvalue weighted by atomic mass is 16.2. The van der Waals surface area contributed by atoms with Gasteiger partial charge in [-0.25, -0.2) is 4.99 Å². The van der Waals surface area contributed by atoms with Gasteiger partial charge >= 0.3 is 0 Å². The number of nitrogens with one attached hydrogen (secondary N) is 2. The van der Waals surface area contributed by atoms with Crippen molar-refractivity contribution >= 4 is 28.8 Å². The van der Waals surface area contributed by atoms with Crippen molar-refractivity contribution in [2.75, 3.05) is 0 Å². The number of H-pyrrole nitrogens is 1. The first kappa shape index (κ1) is 9.65. The third-order valence-corrected chi connectivity index (χ3v) is 2.60. The minimum atomic E-state index is -0.267. The first-order valence-electron chi connectivity index (χ1n) is 5.17. The number of nitrogens with zero attached hydrogens (tertiary/aromatic N) is 1. The van der Waals surface area contributed by atoms with Crippen LogP contribution in [-0.4, -0.2) is 16.9 Å². The lowest BCUT2D eigenvalue weighted by Gasteiger charge is -1.95. The van der Waals surface area contributed by atoms with Crippen LogP contribution in [0.2, 0.25) is 0 Å². The van der Waals surface area contributed by atoms with Crippen molar-refractivity contribution < 1.29 is 4.79 Å². The molecule has 1 aromatic heterocycles. The van der Waals surface area contributed by atoms with Crippen molar-refractivity contribution in [3.63, 3.8) is 0 Å². The zero-order valence-corrected chi connectivity index (χ0v) is 8.90. The Labute approximate surface area is 97.0 Å². The molecule has 0 spiro atoms. The smallest absolute Gasteiger partial charge is 0.276 e. The van der Waals surface area contributed by atoms with Crippen molar-refractivity contribution in [2.45, 2.75) is 0 Å². The predicted molar refractivity (Wildman–Crippen MR) is 66.0 cm³/mol. The number of carbonyl (C=O) groups excluding carboxylic acids is 1. The molecule has 2 aromatic rings. The summed E-state index contributed by atoms with van der Waals surface area (Å²) in [5, 5.41) is 3.53. The summed E-state index contributed by atoms with van der Waals surface area (Å²) in [6.07, 6.45) is 3.58. The van der Waals surface area contributed by atoms with E-state index < -0.39 is 0 Å². The van der Waals surface area contributed by atoms with Gasteiger partial charge in [0, 0.05) is 11.7 Å². The first-order valence-corrected chi connectivity index (χ1v) is 5.17. The zero-order valence-electron chi connectivity index (χ0n) is 8.90. The van der Waals surface area contributed by atoms with Crippen LogP contribution in [-0.2, 0) is 4.79 Å². The van der Waals surface area contributed by atoms with Crippen molar-refractivity contribution in [3.8, 4) is 0 Å². The number of aromatic nitrogens is 1. The van der Waals surface area contributed by atoms with Gasteiger partial charge in [-0.15, -0.1) is 0 Å². The summed E-state index contributed by atoms with van der Waals surface area (Å²) in [7, 11) is 0. The zero-order chi connectivity index (χ0) is 11.8. The summed E-state index contributed by atoms with van der Waals surface area (Å²) in [6, 6.07) is 7.84. The molecule has 84 valence electrons. The van der Waals surface area contributed by atoms with Crippen molar-refractivity contribution in [1.29, 1.82) is 0 Å². The molecule has 0 saturated heterocycles. The highest BCUT2D eigenvalue weighted by Crippen LogP contribution is 2.17. The van der Waals surface area contributed by atoms with Crippen LogP contribution < -0.4 is 11.1 Å². The van der Waals surface area contributed by atoms with E-state index in [4.69, 9.17) is 5.73 Å². The number of rotatable bonds is 1. The van der Waals surface area contributed by atoms with Crippen molar-refractivity contribution in [1.82, 2.24) is 10.3 Å². The molecular weight excluding hydrogens is 216 g/mol. The summed E-state index contributed by atoms with van der Waals surface area (Å²) < 4.78 is 0. The van der Waals surface area contributed by atoms with Crippen LogP contribution in [0.15, 0.2) is 41.2 Å². The van der Waals surface area contributed by atoms with Gasteiger partial charge < -0.3 is 10.7 Å². The number of hydrogen-bond acceptors (Lipinski definition) is 3. The SMILES string of the molecule is NC1=N/C(=C\c2ccc3[nH]ccc3c2)C(=O)N1. The molecule has 5 heteroatoms. The number of fused-ring (bicyclic) bond motifs is 1. The lowest BCUT2D eigenvalue weighted by atomic mass is 10.1. The largest absolute Gasteiger partial charge is 0.369 e. The van der Waals surface area contributed by atoms with E-state index in [1.165, 1.54) is 0 Å². The fourth-order valence-electron chi connectivity index (χ4n) is 1.81. The highest BCUT2D eigenvalue weighted by Gasteiger charge is 2.17. The Morgan fingerprint density at radius 2 is 2.18 bits per heavy atom. The maximum Gasteiger partial charge on any atom is 0.276 e. The monoisotopic (exact) mass is 226 g/mol. The summed E-state index contributed by atoms with van der Waals surface area (Å²) in [6.45, 7) is 0. The maximum atomic E-state index is 11.4. The highest BCUT2D eigenvalue weighted by molar-refractivity contribution is 6.13. The predicted octanol–water partition coefficient (Wildman–Crippen LogP) is 0.953. The average molecular weight is 226 g/mol. The van der Waals surface area contributed by atoms with Crippen LogP contribution >= 0.6 is 0 Å². The molecule has 0 fully saturated rings. The number of hydrogen-bond donors (Lipinski definition) is 3. The molecule has 5 nitrogen and oxygen atoms in total. The summed E-state index contributed by atoms with van der Waals surface area (Å²) in [5.41, 5.74) is 7.72. The minimum Gasteiger partial charge on any atom is -0.369 e. The van der Waals surface area contributed by atoms with Gasteiger partial charge in [-0.3, -0.25) is 10.1 Å². The molecule has 2 heterocycles. The van der Waals surface area contributed by atoms with Crippen LogP contribution in [0.5, 0.6) is 0 Å². The van der Waals surface area contributed by atoms with Gasteiger partial charge in [-0.05, 0) is 35.2 Å². The number of aromatic amines is 1. The molecule has 1 aliphatic rings. The van der Waals surface area contributed by atoms with E-state index >= 15 is 0 Å². The van der Waals surface area contributed by atoms with Crippen molar-refractivity contribution in [3.05, 3.63) is 41.7 Å². The number of nitrogens with two attached hydrogens (primary N) is 1. The Morgan fingerprint density at radius 3 is 2.94 bits per heavy atom. The lowest BCUT2D eigenvalue weighted by molar-refractivity contribution is -0.115. The topological polar surface area (TPSA) is 83.3 Å². The van der Waals surface area contributed by atoms with E-state index in [0.29, 0.717) is 5.70 Å². The summed E-state index contributed by atoms with van der Waals surface area (Å²) in [4.78, 5) is 18.5. The Morgan fingerprint density at radius 1 is 1.29 bits per heavy atom. The number of guanidine groups is 1. The van der Waals surface area contributed by atoms with E-state index in [0.717, 1.165) is 16.5 Å². The molecule has 1 aliphatic heterocycles. The van der Waals surface area contributed by atoms with Crippen LogP contribution in [0.1, 0.15) is 5.56 Å². The number of amides is 1. The van der Waals surface area contributed by atoms with Gasteiger partial charge in [-0.2, -0.15) is 0 Å². The Hall–Kier alpha value is -2.56. The number of benzene rings is 1. The van der Waals surface area contributed by atoms with E-state index in [1.807, 2.05) is 30.5 Å². The van der Waals surface area contributed by atoms with Crippen LogP contribution in [0.4, 0.5) is 0 Å². The summed E-state index contributed by atoms with van der Waals surface area (Å²) >= 11 is 0. The number of aliphatic imine (C=N–C) groups is 1. The second kappa shape index (κ2) is 3.48. The van der Waals surface area contributed by atoms with Gasteiger partial charge in [0.1, 0.15) is 5.70 Å². The molecule has 0 atom stereocenters. The Bertz CT molecular complexity index is 666. The van der Waals surface area contributed by atoms with Crippen molar-refractivity contribution in [2.24, 2.45) is 10.7 Å². The number of carbonyl (C=O) groups is 1. The molecule has 0 unspecified atom stereocenters. The molecule has 0 radical (unpaired) electrons. The van der Waals surface area contributed by atoms with Crippen LogP contribution in [0, 0.1) is 0 Å². The second-order valence-electron chi connectivity index (χ2n) is 3.81. The van der Waals surface area contributed by atoms with Crippen LogP contribution in [0.3, 0.4) is 0 Å². The standard InChI is InChI=1S/C12H10N4O/c13-12-15-10(11(17)16-12)6-7-1-2-9-8(5-7)3-4-14-9/h1-6,14H,(H3,13,15,16,17)/b10-6-. The fourth-order valence-corrected chi connectivity index (χ4v) is 1.81. The lowest BCUT2D eigenvalue weighted by Crippen LogP contribution is -2.30. The molecule has 3 rings (SSSR count). The normalized spacial score (nSPS) is 17.5. The summed E-state index contributed by atoms with van der Waals surface area (Å²) in [5.74, 6) is -0.124. The molecule has 0 bridgehead atoms. The van der Waals surface area contributed by atoms with Gasteiger partial charge in [0.15, 0.2) is 0 Å².